The van der Waals surface area contributed by atoms with Gasteiger partial charge in [-0.15, -0.1) is 0 Å². The molecule has 23 heteroatoms. The van der Waals surface area contributed by atoms with Gasteiger partial charge in [-0.1, -0.05) is 0 Å². The summed E-state index contributed by atoms with van der Waals surface area (Å²) in [5.74, 6) is -2.28. The Labute approximate surface area is 275 Å². The molecule has 220 valence electrons. The van der Waals surface area contributed by atoms with Gasteiger partial charge in [0, 0.05) is 6.20 Å². The van der Waals surface area contributed by atoms with Gasteiger partial charge in [0.1, 0.15) is 48.4 Å². The summed E-state index contributed by atoms with van der Waals surface area (Å²) >= 11 is 0. The SMILES string of the molecule is CC([O-])=N[C@H]1/C(=C/P(=O)(O)OP(=O)(O)OC[C@H]2O[C@@H](n3ccc([O-])nc3=O)[C@H](O)[C@@H]2O)O[C@H](CO)[C@@H](O)[C@@H]1O.[Na+].[Na+]. The maximum absolute atomic E-state index is 12.6. The summed E-state index contributed by atoms with van der Waals surface area (Å²) in [6.07, 6.45) is -11.0. The molecule has 0 spiro atoms. The molecular weight excluding hydrogens is 622 g/mol. The zero-order valence-corrected chi connectivity index (χ0v) is 27.6. The monoisotopic (exact) mass is 647 g/mol. The van der Waals surface area contributed by atoms with Gasteiger partial charge in [-0.25, -0.2) is 18.7 Å². The third-order valence-electron chi connectivity index (χ3n) is 5.46. The Morgan fingerprint density at radius 1 is 1.15 bits per heavy atom. The molecule has 1 aromatic heterocycles. The van der Waals surface area contributed by atoms with Gasteiger partial charge in [0.25, 0.3) is 0 Å². The normalized spacial score (nSPS) is 34.0. The smallest absolute Gasteiger partial charge is 0.862 e. The van der Waals surface area contributed by atoms with Crippen molar-refractivity contribution in [2.75, 3.05) is 13.2 Å². The van der Waals surface area contributed by atoms with E-state index in [4.69, 9.17) is 9.47 Å². The molecule has 2 unspecified atom stereocenters. The van der Waals surface area contributed by atoms with Crippen molar-refractivity contribution < 1.29 is 132 Å². The first kappa shape index (κ1) is 38.8. The van der Waals surface area contributed by atoms with Crippen molar-refractivity contribution in [2.45, 2.75) is 55.8 Å². The van der Waals surface area contributed by atoms with Crippen molar-refractivity contribution in [3.8, 4) is 5.88 Å². The van der Waals surface area contributed by atoms with Crippen LogP contribution in [-0.4, -0.2) is 107 Å². The van der Waals surface area contributed by atoms with E-state index in [2.05, 4.69) is 18.8 Å². The molecule has 0 saturated carbocycles. The molecule has 0 aliphatic carbocycles. The van der Waals surface area contributed by atoms with E-state index < -0.39 is 101 Å². The zero-order valence-electron chi connectivity index (χ0n) is 21.8. The molecule has 2 aliphatic heterocycles. The second-order valence-electron chi connectivity index (χ2n) is 8.36. The second-order valence-corrected chi connectivity index (χ2v) is 11.6. The molecule has 10 atom stereocenters. The molecule has 2 fully saturated rings. The molecule has 41 heavy (non-hydrogen) atoms. The molecule has 0 radical (unpaired) electrons. The Kier molecular flexibility index (Phi) is 14.8. The average molecular weight is 647 g/mol. The predicted molar refractivity (Wildman–Crippen MR) is 120 cm³/mol. The first-order chi connectivity index (χ1) is 18.0. The second kappa shape index (κ2) is 15.7. The van der Waals surface area contributed by atoms with Crippen molar-refractivity contribution in [2.24, 2.45) is 4.99 Å². The van der Waals surface area contributed by atoms with Gasteiger partial charge >= 0.3 is 80.2 Å². The van der Waals surface area contributed by atoms with Gasteiger partial charge in [-0.3, -0.25) is 18.6 Å². The summed E-state index contributed by atoms with van der Waals surface area (Å²) in [6.45, 7) is -0.927. The minimum absolute atomic E-state index is 0. The number of aliphatic hydroxyl groups excluding tert-OH is 5. The van der Waals surface area contributed by atoms with Crippen LogP contribution in [0, 0.1) is 0 Å². The Bertz CT molecular complexity index is 1260. The van der Waals surface area contributed by atoms with Crippen LogP contribution in [-0.2, 0) is 27.4 Å². The zero-order chi connectivity index (χ0) is 29.3. The van der Waals surface area contributed by atoms with E-state index in [1.807, 2.05) is 0 Å². The Balaban J connectivity index is 0.00000420. The van der Waals surface area contributed by atoms with Gasteiger partial charge in [0.2, 0.25) is 0 Å². The van der Waals surface area contributed by atoms with Crippen molar-refractivity contribution in [1.29, 1.82) is 0 Å². The van der Waals surface area contributed by atoms with Gasteiger partial charge in [0.05, 0.1) is 19.0 Å². The number of hydrogen-bond acceptors (Lipinski definition) is 16. The summed E-state index contributed by atoms with van der Waals surface area (Å²) < 4.78 is 44.9. The molecule has 2 saturated heterocycles. The maximum Gasteiger partial charge on any atom is 1.00 e. The van der Waals surface area contributed by atoms with Crippen LogP contribution in [0.25, 0.3) is 0 Å². The number of aliphatic imine (C=N–C) groups is 1. The average Bonchev–Trinajstić information content (AvgIpc) is 3.10. The van der Waals surface area contributed by atoms with Gasteiger partial charge < -0.3 is 55.0 Å². The minimum Gasteiger partial charge on any atom is -0.862 e. The molecule has 3 heterocycles. The van der Waals surface area contributed by atoms with Crippen LogP contribution in [0.2, 0.25) is 0 Å². The number of hydrogen-bond donors (Lipinski definition) is 7. The molecule has 0 amide bonds. The van der Waals surface area contributed by atoms with E-state index in [0.717, 1.165) is 19.2 Å². The topological polar surface area (TPSA) is 306 Å². The fraction of sp³-hybridized carbons (Fsp3) is 0.611. The molecule has 0 bridgehead atoms. The van der Waals surface area contributed by atoms with Crippen LogP contribution in [0.3, 0.4) is 0 Å². The molecular formula is C18H25N3Na2O16P2. The Morgan fingerprint density at radius 3 is 2.32 bits per heavy atom. The van der Waals surface area contributed by atoms with E-state index in [-0.39, 0.29) is 64.9 Å². The summed E-state index contributed by atoms with van der Waals surface area (Å²) in [5.41, 5.74) is -1.12. The first-order valence-corrected chi connectivity index (χ1v) is 14.1. The quantitative estimate of drug-likeness (QED) is 0.0566. The number of ether oxygens (including phenoxy) is 2. The minimum atomic E-state index is -5.45. The Hall–Kier alpha value is -0.250. The fourth-order valence-electron chi connectivity index (χ4n) is 3.69. The van der Waals surface area contributed by atoms with E-state index in [1.165, 1.54) is 0 Å². The third kappa shape index (κ3) is 9.87. The van der Waals surface area contributed by atoms with E-state index in [9.17, 15) is 59.5 Å². The van der Waals surface area contributed by atoms with Crippen LogP contribution in [0.5, 0.6) is 5.88 Å². The van der Waals surface area contributed by atoms with E-state index in [0.29, 0.717) is 4.57 Å². The van der Waals surface area contributed by atoms with Gasteiger partial charge in [0.15, 0.2) is 6.23 Å². The fourth-order valence-corrected chi connectivity index (χ4v) is 6.12. The van der Waals surface area contributed by atoms with E-state index in [1.54, 1.807) is 0 Å². The summed E-state index contributed by atoms with van der Waals surface area (Å²) in [6, 6.07) is -0.860. The molecule has 3 rings (SSSR count). The number of aromatic nitrogens is 2. The maximum atomic E-state index is 12.6. The Morgan fingerprint density at radius 2 is 1.76 bits per heavy atom. The van der Waals surface area contributed by atoms with Crippen LogP contribution in [0.15, 0.2) is 33.6 Å². The van der Waals surface area contributed by atoms with E-state index >= 15 is 0 Å². The number of rotatable bonds is 9. The van der Waals surface area contributed by atoms with Gasteiger partial charge in [-0.05, 0) is 24.8 Å². The first-order valence-electron chi connectivity index (χ1n) is 10.9. The summed E-state index contributed by atoms with van der Waals surface area (Å²) in [5, 5.41) is 72.4. The number of nitrogens with zero attached hydrogens (tertiary/aromatic N) is 3. The molecule has 0 aromatic carbocycles. The van der Waals surface area contributed by atoms with Crippen LogP contribution in [0.4, 0.5) is 0 Å². The van der Waals surface area contributed by atoms with Crippen molar-refractivity contribution in [3.05, 3.63) is 34.3 Å². The third-order valence-corrected chi connectivity index (χ3v) is 8.28. The van der Waals surface area contributed by atoms with Crippen LogP contribution in [0.1, 0.15) is 13.2 Å². The largest absolute Gasteiger partial charge is 1.00 e. The molecule has 2 aliphatic rings. The molecule has 1 aromatic rings. The molecule has 19 nitrogen and oxygen atoms in total. The number of aliphatic hydroxyl groups is 5. The number of phosphoric acid groups is 1. The number of phosphoric ester groups is 1. The summed E-state index contributed by atoms with van der Waals surface area (Å²) in [4.78, 5) is 38.5. The van der Waals surface area contributed by atoms with Crippen molar-refractivity contribution in [3.63, 3.8) is 0 Å². The van der Waals surface area contributed by atoms with Crippen molar-refractivity contribution >= 4 is 21.3 Å². The summed E-state index contributed by atoms with van der Waals surface area (Å²) in [7, 11) is -10.8. The van der Waals surface area contributed by atoms with Crippen LogP contribution >= 0.6 is 15.4 Å². The van der Waals surface area contributed by atoms with Crippen molar-refractivity contribution in [1.82, 2.24) is 9.55 Å². The van der Waals surface area contributed by atoms with Gasteiger partial charge in [-0.2, -0.15) is 0 Å². The van der Waals surface area contributed by atoms with Crippen LogP contribution < -0.4 is 75.0 Å². The predicted octanol–water partition coefficient (Wildman–Crippen LogP) is -10.6. The standard InChI is InChI=1S/C18H27N3O16P2.2Na/c1-7(23)19-12-10(35-8(4-22)13(25)15(12)27)6-38(30,31)37-39(32,33)34-5-9-14(26)16(28)17(36-9)21-3-2-11(24)20-18(21)29;;/h2-3,6,8-9,12-17,22,25-28H,4-5H2,1H3,(H,19,23)(H,30,31)(H,32,33)(H,20,24,29);;/q;2*+1/p-2/b10-6-;;/t8-,9-,12+,13-,14-,15-,16-,17-;;/m1../s1. The molecule has 7 N–H and O–H groups in total.